The van der Waals surface area contributed by atoms with Crippen molar-refractivity contribution in [3.63, 3.8) is 0 Å². The molecular weight excluding hydrogens is 206 g/mol. The van der Waals surface area contributed by atoms with E-state index in [0.29, 0.717) is 6.61 Å². The Morgan fingerprint density at radius 2 is 2.44 bits per heavy atom. The van der Waals surface area contributed by atoms with Crippen molar-refractivity contribution in [3.8, 4) is 5.69 Å². The summed E-state index contributed by atoms with van der Waals surface area (Å²) in [6.07, 6.45) is 1.52. The van der Waals surface area contributed by atoms with Crippen LogP contribution in [0.5, 0.6) is 0 Å². The van der Waals surface area contributed by atoms with Crippen molar-refractivity contribution >= 4 is 5.97 Å². The van der Waals surface area contributed by atoms with Crippen LogP contribution in [0.1, 0.15) is 17.4 Å². The third kappa shape index (κ3) is 2.08. The molecule has 0 atom stereocenters. The molecule has 0 spiro atoms. The van der Waals surface area contributed by atoms with Crippen molar-refractivity contribution in [2.75, 3.05) is 6.61 Å². The van der Waals surface area contributed by atoms with Gasteiger partial charge in [-0.05, 0) is 13.0 Å². The van der Waals surface area contributed by atoms with Crippen LogP contribution in [0.3, 0.4) is 0 Å². The number of carbonyl (C=O) groups excluding carboxylic acids is 1. The highest BCUT2D eigenvalue weighted by Crippen LogP contribution is 2.05. The normalized spacial score (nSPS) is 10.1. The van der Waals surface area contributed by atoms with E-state index in [4.69, 9.17) is 4.74 Å². The van der Waals surface area contributed by atoms with E-state index in [0.717, 1.165) is 5.69 Å². The summed E-state index contributed by atoms with van der Waals surface area (Å²) in [5.74, 6) is -0.468. The maximum Gasteiger partial charge on any atom is 0.360 e. The maximum absolute atomic E-state index is 11.3. The van der Waals surface area contributed by atoms with Gasteiger partial charge in [-0.25, -0.2) is 9.48 Å². The topological polar surface area (TPSA) is 57.0 Å². The molecule has 2 rings (SSSR count). The molecule has 5 nitrogen and oxygen atoms in total. The number of nitrogens with zero attached hydrogens (tertiary/aromatic N) is 3. The molecule has 81 valence electrons. The fourth-order valence-corrected chi connectivity index (χ4v) is 1.21. The van der Waals surface area contributed by atoms with Gasteiger partial charge >= 0.3 is 5.97 Å². The third-order valence-corrected chi connectivity index (χ3v) is 1.92. The van der Waals surface area contributed by atoms with Gasteiger partial charge in [-0.2, -0.15) is 0 Å². The Balaban J connectivity index is 2.23. The monoisotopic (exact) mass is 216 g/mol. The molecular formula is C11H10N3O2. The number of aromatic nitrogens is 3. The van der Waals surface area contributed by atoms with Crippen LogP contribution >= 0.6 is 0 Å². The van der Waals surface area contributed by atoms with E-state index in [1.807, 2.05) is 18.2 Å². The molecule has 1 aromatic heterocycles. The van der Waals surface area contributed by atoms with Crippen LogP contribution in [0, 0.1) is 6.07 Å². The lowest BCUT2D eigenvalue weighted by Gasteiger charge is -1.97. The largest absolute Gasteiger partial charge is 0.461 e. The van der Waals surface area contributed by atoms with E-state index in [1.54, 1.807) is 13.0 Å². The molecule has 1 radical (unpaired) electrons. The SMILES string of the molecule is CCOC(=O)c1cn(-c2[c]cccc2)nn1. The zero-order valence-electron chi connectivity index (χ0n) is 8.75. The Morgan fingerprint density at radius 3 is 3.12 bits per heavy atom. The van der Waals surface area contributed by atoms with Crippen LogP contribution in [0.2, 0.25) is 0 Å². The van der Waals surface area contributed by atoms with E-state index in [1.165, 1.54) is 10.9 Å². The Kier molecular flexibility index (Phi) is 2.95. The molecule has 0 N–H and O–H groups in total. The van der Waals surface area contributed by atoms with Gasteiger partial charge in [0.25, 0.3) is 0 Å². The molecule has 0 aliphatic rings. The molecule has 0 amide bonds. The standard InChI is InChI=1S/C11H10N3O2/c1-2-16-11(15)10-8-14(13-12-10)9-6-4-3-5-7-9/h3-6,8H,2H2,1H3. The fraction of sp³-hybridized carbons (Fsp3) is 0.182. The Morgan fingerprint density at radius 1 is 1.56 bits per heavy atom. The van der Waals surface area contributed by atoms with Gasteiger partial charge in [0.1, 0.15) is 0 Å². The summed E-state index contributed by atoms with van der Waals surface area (Å²) >= 11 is 0. The summed E-state index contributed by atoms with van der Waals surface area (Å²) in [5, 5.41) is 7.55. The number of para-hydroxylation sites is 1. The average molecular weight is 216 g/mol. The molecule has 0 unspecified atom stereocenters. The van der Waals surface area contributed by atoms with Crippen LogP contribution in [-0.4, -0.2) is 27.6 Å². The summed E-state index contributed by atoms with van der Waals surface area (Å²) in [4.78, 5) is 11.3. The van der Waals surface area contributed by atoms with Crippen molar-refractivity contribution in [2.45, 2.75) is 6.92 Å². The second kappa shape index (κ2) is 4.57. The first-order valence-corrected chi connectivity index (χ1v) is 4.88. The van der Waals surface area contributed by atoms with Gasteiger partial charge in [-0.3, -0.25) is 0 Å². The summed E-state index contributed by atoms with van der Waals surface area (Å²) in [6, 6.07) is 10.3. The van der Waals surface area contributed by atoms with Gasteiger partial charge in [0, 0.05) is 6.07 Å². The van der Waals surface area contributed by atoms with E-state index in [2.05, 4.69) is 16.4 Å². The van der Waals surface area contributed by atoms with Crippen molar-refractivity contribution in [1.82, 2.24) is 15.0 Å². The van der Waals surface area contributed by atoms with Crippen LogP contribution in [-0.2, 0) is 4.74 Å². The molecule has 16 heavy (non-hydrogen) atoms. The van der Waals surface area contributed by atoms with Gasteiger partial charge in [0.2, 0.25) is 0 Å². The zero-order chi connectivity index (χ0) is 11.4. The van der Waals surface area contributed by atoms with Crippen molar-refractivity contribution in [1.29, 1.82) is 0 Å². The highest BCUT2D eigenvalue weighted by atomic mass is 16.5. The Bertz CT molecular complexity index is 479. The van der Waals surface area contributed by atoms with Crippen LogP contribution in [0.15, 0.2) is 30.5 Å². The molecule has 0 aliphatic carbocycles. The molecule has 0 bridgehead atoms. The van der Waals surface area contributed by atoms with Crippen LogP contribution in [0.25, 0.3) is 5.69 Å². The third-order valence-electron chi connectivity index (χ3n) is 1.92. The number of hydrogen-bond acceptors (Lipinski definition) is 4. The highest BCUT2D eigenvalue weighted by Gasteiger charge is 2.11. The first kappa shape index (κ1) is 10.4. The lowest BCUT2D eigenvalue weighted by atomic mass is 10.3. The molecule has 1 heterocycles. The predicted molar refractivity (Wildman–Crippen MR) is 56.2 cm³/mol. The predicted octanol–water partition coefficient (Wildman–Crippen LogP) is 1.24. The van der Waals surface area contributed by atoms with Gasteiger partial charge in [0.15, 0.2) is 5.69 Å². The van der Waals surface area contributed by atoms with Gasteiger partial charge < -0.3 is 4.74 Å². The lowest BCUT2D eigenvalue weighted by molar-refractivity contribution is 0.0519. The Labute approximate surface area is 92.7 Å². The average Bonchev–Trinajstić information content (AvgIpc) is 2.80. The Hall–Kier alpha value is -2.17. The molecule has 0 saturated carbocycles. The van der Waals surface area contributed by atoms with E-state index in [9.17, 15) is 4.79 Å². The maximum atomic E-state index is 11.3. The summed E-state index contributed by atoms with van der Waals surface area (Å²) in [5.41, 5.74) is 0.921. The second-order valence-electron chi connectivity index (χ2n) is 3.02. The molecule has 0 saturated heterocycles. The van der Waals surface area contributed by atoms with E-state index >= 15 is 0 Å². The smallest absolute Gasteiger partial charge is 0.360 e. The lowest BCUT2D eigenvalue weighted by Crippen LogP contribution is -2.04. The van der Waals surface area contributed by atoms with E-state index in [-0.39, 0.29) is 5.69 Å². The zero-order valence-corrected chi connectivity index (χ0v) is 8.75. The van der Waals surface area contributed by atoms with Gasteiger partial charge in [0.05, 0.1) is 18.5 Å². The first-order chi connectivity index (χ1) is 7.81. The molecule has 1 aromatic carbocycles. The number of esters is 1. The summed E-state index contributed by atoms with van der Waals surface area (Å²) in [7, 11) is 0. The highest BCUT2D eigenvalue weighted by molar-refractivity contribution is 5.86. The van der Waals surface area contributed by atoms with Crippen LogP contribution in [0.4, 0.5) is 0 Å². The van der Waals surface area contributed by atoms with E-state index < -0.39 is 5.97 Å². The van der Waals surface area contributed by atoms with Crippen molar-refractivity contribution in [3.05, 3.63) is 42.2 Å². The van der Waals surface area contributed by atoms with Gasteiger partial charge in [-0.15, -0.1) is 5.10 Å². The summed E-state index contributed by atoms with van der Waals surface area (Å²) < 4.78 is 6.29. The summed E-state index contributed by atoms with van der Waals surface area (Å²) in [6.45, 7) is 2.07. The second-order valence-corrected chi connectivity index (χ2v) is 3.02. The minimum Gasteiger partial charge on any atom is -0.461 e. The quantitative estimate of drug-likeness (QED) is 0.724. The van der Waals surface area contributed by atoms with Gasteiger partial charge in [-0.1, -0.05) is 23.4 Å². The number of rotatable bonds is 3. The minimum atomic E-state index is -0.468. The van der Waals surface area contributed by atoms with Crippen molar-refractivity contribution in [2.24, 2.45) is 0 Å². The minimum absolute atomic E-state index is 0.194. The number of benzene rings is 1. The van der Waals surface area contributed by atoms with Crippen LogP contribution < -0.4 is 0 Å². The van der Waals surface area contributed by atoms with Crippen molar-refractivity contribution < 1.29 is 9.53 Å². The number of hydrogen-bond donors (Lipinski definition) is 0. The first-order valence-electron chi connectivity index (χ1n) is 4.88. The molecule has 0 fully saturated rings. The molecule has 5 heteroatoms. The number of ether oxygens (including phenoxy) is 1. The number of carbonyl (C=O) groups is 1. The fourth-order valence-electron chi connectivity index (χ4n) is 1.21. The molecule has 2 aromatic rings. The molecule has 0 aliphatic heterocycles.